The molecule has 0 aliphatic heterocycles. The molecule has 4 nitrogen and oxygen atoms in total. The fourth-order valence-electron chi connectivity index (χ4n) is 1.79. The maximum atomic E-state index is 12.9. The molecule has 1 N–H and O–H groups in total. The number of hydrogen-bond acceptors (Lipinski definition) is 3. The topological polar surface area (TPSA) is 63.2 Å². The predicted molar refractivity (Wildman–Crippen MR) is 88.1 cm³/mol. The quantitative estimate of drug-likeness (QED) is 0.823. The van der Waals surface area contributed by atoms with Crippen molar-refractivity contribution in [1.82, 2.24) is 0 Å². The lowest BCUT2D eigenvalue weighted by atomic mass is 10.3. The molecule has 0 radical (unpaired) electrons. The Labute approximate surface area is 143 Å². The molecule has 8 heteroatoms. The molecule has 2 rings (SSSR count). The molecule has 0 spiro atoms. The van der Waals surface area contributed by atoms with Crippen molar-refractivity contribution in [2.45, 2.75) is 17.1 Å². The lowest BCUT2D eigenvalue weighted by molar-refractivity contribution is -0.115. The number of amides is 1. The average Bonchev–Trinajstić information content (AvgIpc) is 2.49. The van der Waals surface area contributed by atoms with E-state index in [9.17, 15) is 17.6 Å². The van der Waals surface area contributed by atoms with Crippen LogP contribution in [0.15, 0.2) is 47.4 Å². The summed E-state index contributed by atoms with van der Waals surface area (Å²) in [4.78, 5) is 12.0. The number of hydrogen-bond donors (Lipinski definition) is 1. The van der Waals surface area contributed by atoms with E-state index in [1.165, 1.54) is 25.1 Å². The van der Waals surface area contributed by atoms with Crippen molar-refractivity contribution in [3.63, 3.8) is 0 Å². The fraction of sp³-hybridized carbons (Fsp3) is 0.133. The molecule has 2 aromatic carbocycles. The van der Waals surface area contributed by atoms with Crippen LogP contribution in [0.2, 0.25) is 10.0 Å². The van der Waals surface area contributed by atoms with Crippen LogP contribution in [0.25, 0.3) is 0 Å². The molecule has 23 heavy (non-hydrogen) atoms. The minimum Gasteiger partial charge on any atom is -0.324 e. The SMILES string of the molecule is CC(C(=O)Nc1ccc(Cl)cc1Cl)S(=O)(=O)c1ccc(F)cc1. The molecule has 0 fully saturated rings. The standard InChI is InChI=1S/C15H12Cl2FNO3S/c1-9(23(21,22)12-5-3-11(18)4-6-12)15(20)19-14-7-2-10(16)8-13(14)17/h2-9H,1H3,(H,19,20). The van der Waals surface area contributed by atoms with Crippen LogP contribution in [-0.2, 0) is 14.6 Å². The molecular formula is C15H12Cl2FNO3S. The molecule has 1 atom stereocenters. The van der Waals surface area contributed by atoms with Crippen molar-refractivity contribution in [3.05, 3.63) is 58.3 Å². The molecular weight excluding hydrogens is 364 g/mol. The van der Waals surface area contributed by atoms with E-state index in [-0.39, 0.29) is 15.6 Å². The van der Waals surface area contributed by atoms with E-state index < -0.39 is 26.8 Å². The molecule has 0 bridgehead atoms. The Bertz CT molecular complexity index is 838. The summed E-state index contributed by atoms with van der Waals surface area (Å²) in [5, 5.41) is 1.65. The van der Waals surface area contributed by atoms with Crippen molar-refractivity contribution in [2.75, 3.05) is 5.32 Å². The van der Waals surface area contributed by atoms with E-state index in [4.69, 9.17) is 23.2 Å². The van der Waals surface area contributed by atoms with Gasteiger partial charge in [-0.15, -0.1) is 0 Å². The van der Waals surface area contributed by atoms with Gasteiger partial charge < -0.3 is 5.32 Å². The zero-order valence-electron chi connectivity index (χ0n) is 11.9. The Morgan fingerprint density at radius 2 is 1.74 bits per heavy atom. The minimum absolute atomic E-state index is 0.135. The number of benzene rings is 2. The minimum atomic E-state index is -3.94. The van der Waals surface area contributed by atoms with Gasteiger partial charge in [-0.05, 0) is 49.4 Å². The molecule has 0 aliphatic rings. The summed E-state index contributed by atoms with van der Waals surface area (Å²) in [5.41, 5.74) is 0.252. The molecule has 1 unspecified atom stereocenters. The van der Waals surface area contributed by atoms with Gasteiger partial charge in [0, 0.05) is 5.02 Å². The van der Waals surface area contributed by atoms with Gasteiger partial charge in [-0.1, -0.05) is 23.2 Å². The van der Waals surface area contributed by atoms with E-state index in [1.807, 2.05) is 0 Å². The first-order valence-corrected chi connectivity index (χ1v) is 8.77. The van der Waals surface area contributed by atoms with Gasteiger partial charge in [0.1, 0.15) is 11.1 Å². The molecule has 0 saturated carbocycles. The van der Waals surface area contributed by atoms with E-state index in [2.05, 4.69) is 5.32 Å². The number of carbonyl (C=O) groups excluding carboxylic acids is 1. The lowest BCUT2D eigenvalue weighted by Crippen LogP contribution is -2.32. The lowest BCUT2D eigenvalue weighted by Gasteiger charge is -2.14. The van der Waals surface area contributed by atoms with Crippen LogP contribution in [-0.4, -0.2) is 19.6 Å². The van der Waals surface area contributed by atoms with Crippen LogP contribution < -0.4 is 5.32 Å². The summed E-state index contributed by atoms with van der Waals surface area (Å²) < 4.78 is 37.7. The number of rotatable bonds is 4. The summed E-state index contributed by atoms with van der Waals surface area (Å²) in [6.45, 7) is 1.25. The Morgan fingerprint density at radius 3 is 2.30 bits per heavy atom. The Morgan fingerprint density at radius 1 is 1.13 bits per heavy atom. The largest absolute Gasteiger partial charge is 0.324 e. The second-order valence-electron chi connectivity index (χ2n) is 4.75. The van der Waals surface area contributed by atoms with Crippen molar-refractivity contribution in [3.8, 4) is 0 Å². The highest BCUT2D eigenvalue weighted by molar-refractivity contribution is 7.92. The van der Waals surface area contributed by atoms with Gasteiger partial charge in [-0.2, -0.15) is 0 Å². The summed E-state index contributed by atoms with van der Waals surface area (Å²) in [5.74, 6) is -1.31. The van der Waals surface area contributed by atoms with E-state index in [1.54, 1.807) is 0 Å². The molecule has 1 amide bonds. The monoisotopic (exact) mass is 375 g/mol. The van der Waals surface area contributed by atoms with E-state index in [0.717, 1.165) is 24.3 Å². The third-order valence-electron chi connectivity index (χ3n) is 3.17. The highest BCUT2D eigenvalue weighted by atomic mass is 35.5. The summed E-state index contributed by atoms with van der Waals surface area (Å²) >= 11 is 11.7. The Balaban J connectivity index is 2.23. The van der Waals surface area contributed by atoms with Crippen molar-refractivity contribution in [2.24, 2.45) is 0 Å². The van der Waals surface area contributed by atoms with Gasteiger partial charge >= 0.3 is 0 Å². The number of anilines is 1. The number of sulfone groups is 1. The molecule has 0 saturated heterocycles. The second kappa shape index (κ2) is 6.86. The van der Waals surface area contributed by atoms with Gasteiger partial charge in [0.15, 0.2) is 9.84 Å². The number of carbonyl (C=O) groups is 1. The summed E-state index contributed by atoms with van der Waals surface area (Å²) in [6.07, 6.45) is 0. The molecule has 0 aliphatic carbocycles. The third kappa shape index (κ3) is 4.02. The molecule has 122 valence electrons. The van der Waals surface area contributed by atoms with Crippen molar-refractivity contribution in [1.29, 1.82) is 0 Å². The zero-order valence-corrected chi connectivity index (χ0v) is 14.2. The van der Waals surface area contributed by atoms with Crippen molar-refractivity contribution >= 4 is 44.6 Å². The maximum Gasteiger partial charge on any atom is 0.242 e. The number of halogens is 3. The smallest absolute Gasteiger partial charge is 0.242 e. The normalized spacial score (nSPS) is 12.7. The van der Waals surface area contributed by atoms with Gasteiger partial charge in [0.2, 0.25) is 5.91 Å². The fourth-order valence-corrected chi connectivity index (χ4v) is 3.51. The predicted octanol–water partition coefficient (Wildman–Crippen LogP) is 3.93. The van der Waals surface area contributed by atoms with Crippen LogP contribution in [0.5, 0.6) is 0 Å². The second-order valence-corrected chi connectivity index (χ2v) is 7.87. The Kier molecular flexibility index (Phi) is 5.29. The van der Waals surface area contributed by atoms with Crippen molar-refractivity contribution < 1.29 is 17.6 Å². The van der Waals surface area contributed by atoms with Crippen LogP contribution in [0.1, 0.15) is 6.92 Å². The van der Waals surface area contributed by atoms with E-state index in [0.29, 0.717) is 5.02 Å². The Hall–Kier alpha value is -1.63. The molecule has 2 aromatic rings. The maximum absolute atomic E-state index is 12.9. The van der Waals surface area contributed by atoms with Crippen LogP contribution in [0.4, 0.5) is 10.1 Å². The van der Waals surface area contributed by atoms with Gasteiger partial charge in [-0.3, -0.25) is 4.79 Å². The first kappa shape index (κ1) is 17.7. The first-order valence-electron chi connectivity index (χ1n) is 6.47. The van der Waals surface area contributed by atoms with E-state index >= 15 is 0 Å². The summed E-state index contributed by atoms with van der Waals surface area (Å²) in [7, 11) is -3.94. The van der Waals surface area contributed by atoms with Gasteiger partial charge in [-0.25, -0.2) is 12.8 Å². The van der Waals surface area contributed by atoms with Gasteiger partial charge in [0.25, 0.3) is 0 Å². The van der Waals surface area contributed by atoms with Crippen LogP contribution in [0, 0.1) is 5.82 Å². The first-order chi connectivity index (χ1) is 10.7. The van der Waals surface area contributed by atoms with Crippen LogP contribution >= 0.6 is 23.2 Å². The van der Waals surface area contributed by atoms with Gasteiger partial charge in [0.05, 0.1) is 15.6 Å². The highest BCUT2D eigenvalue weighted by Crippen LogP contribution is 2.26. The number of nitrogens with one attached hydrogen (secondary N) is 1. The zero-order chi connectivity index (χ0) is 17.2. The third-order valence-corrected chi connectivity index (χ3v) is 5.79. The highest BCUT2D eigenvalue weighted by Gasteiger charge is 2.30. The molecule has 0 aromatic heterocycles. The molecule has 0 heterocycles. The summed E-state index contributed by atoms with van der Waals surface area (Å²) in [6, 6.07) is 8.69. The van der Waals surface area contributed by atoms with Crippen LogP contribution in [0.3, 0.4) is 0 Å². The average molecular weight is 376 g/mol.